The average Bonchev–Trinajstić information content (AvgIpc) is 2.95. The van der Waals surface area contributed by atoms with Gasteiger partial charge < -0.3 is 9.84 Å². The lowest BCUT2D eigenvalue weighted by atomic mass is 10.1. The van der Waals surface area contributed by atoms with Crippen molar-refractivity contribution in [1.29, 1.82) is 0 Å². The van der Waals surface area contributed by atoms with Crippen LogP contribution in [0.25, 0.3) is 0 Å². The van der Waals surface area contributed by atoms with Gasteiger partial charge in [0.15, 0.2) is 0 Å². The van der Waals surface area contributed by atoms with Crippen LogP contribution in [-0.4, -0.2) is 5.11 Å². The smallest absolute Gasteiger partial charge is 0.127 e. The molecule has 2 aromatic rings. The molecule has 0 bridgehead atoms. The van der Waals surface area contributed by atoms with E-state index in [2.05, 4.69) is 12.1 Å². The summed E-state index contributed by atoms with van der Waals surface area (Å²) >= 11 is 0. The number of fused-ring (bicyclic) bond motifs is 1. The summed E-state index contributed by atoms with van der Waals surface area (Å²) in [6.45, 7) is 1.97. The van der Waals surface area contributed by atoms with E-state index in [4.69, 9.17) is 4.74 Å². The van der Waals surface area contributed by atoms with E-state index in [-0.39, 0.29) is 6.10 Å². The molecule has 0 spiro atoms. The molecule has 0 fully saturated rings. The van der Waals surface area contributed by atoms with Crippen LogP contribution < -0.4 is 4.74 Å². The molecule has 0 saturated carbocycles. The molecule has 0 saturated heterocycles. The molecule has 1 N–H and O–H groups in total. The summed E-state index contributed by atoms with van der Waals surface area (Å²) in [6, 6.07) is 14.1. The van der Waals surface area contributed by atoms with E-state index in [0.29, 0.717) is 0 Å². The van der Waals surface area contributed by atoms with Crippen LogP contribution in [0.15, 0.2) is 42.5 Å². The van der Waals surface area contributed by atoms with Gasteiger partial charge in [-0.15, -0.1) is 0 Å². The summed E-state index contributed by atoms with van der Waals surface area (Å²) in [5.41, 5.74) is 3.81. The largest absolute Gasteiger partial charge is 0.457 e. The van der Waals surface area contributed by atoms with Crippen LogP contribution in [0.3, 0.4) is 0 Å². The number of aliphatic hydroxyl groups is 1. The molecule has 1 atom stereocenters. The molecular formula is C18H20O2. The van der Waals surface area contributed by atoms with Gasteiger partial charge in [0.1, 0.15) is 11.5 Å². The number of ether oxygens (including phenoxy) is 1. The quantitative estimate of drug-likeness (QED) is 0.890. The fraction of sp³-hybridized carbons (Fsp3) is 0.333. The van der Waals surface area contributed by atoms with Crippen molar-refractivity contribution in [3.8, 4) is 11.5 Å². The zero-order chi connectivity index (χ0) is 13.9. The molecule has 3 rings (SSSR count). The minimum Gasteiger partial charge on any atom is -0.457 e. The van der Waals surface area contributed by atoms with E-state index >= 15 is 0 Å². The highest BCUT2D eigenvalue weighted by Gasteiger charge is 2.11. The van der Waals surface area contributed by atoms with Crippen molar-refractivity contribution >= 4 is 0 Å². The molecule has 0 aliphatic heterocycles. The Hall–Kier alpha value is -1.80. The van der Waals surface area contributed by atoms with Gasteiger partial charge in [0.05, 0.1) is 6.10 Å². The zero-order valence-corrected chi connectivity index (χ0v) is 11.8. The van der Waals surface area contributed by atoms with E-state index < -0.39 is 0 Å². The summed E-state index contributed by atoms with van der Waals surface area (Å²) in [4.78, 5) is 0. The summed E-state index contributed by atoms with van der Waals surface area (Å²) < 4.78 is 5.89. The van der Waals surface area contributed by atoms with Crippen molar-refractivity contribution in [2.24, 2.45) is 0 Å². The molecule has 20 heavy (non-hydrogen) atoms. The lowest BCUT2D eigenvalue weighted by Gasteiger charge is -2.10. The Morgan fingerprint density at radius 3 is 2.45 bits per heavy atom. The maximum Gasteiger partial charge on any atom is 0.127 e. The van der Waals surface area contributed by atoms with Gasteiger partial charge >= 0.3 is 0 Å². The van der Waals surface area contributed by atoms with Crippen LogP contribution in [0, 0.1) is 0 Å². The second kappa shape index (κ2) is 5.68. The van der Waals surface area contributed by atoms with Crippen molar-refractivity contribution in [2.45, 2.75) is 38.7 Å². The normalized spacial score (nSPS) is 14.9. The van der Waals surface area contributed by atoms with Crippen molar-refractivity contribution in [3.05, 3.63) is 59.2 Å². The molecule has 2 aromatic carbocycles. The van der Waals surface area contributed by atoms with Crippen LogP contribution in [0.1, 0.15) is 42.6 Å². The molecule has 2 nitrogen and oxygen atoms in total. The van der Waals surface area contributed by atoms with Crippen LogP contribution >= 0.6 is 0 Å². The minimum atomic E-state index is -0.385. The van der Waals surface area contributed by atoms with Gasteiger partial charge in [-0.25, -0.2) is 0 Å². The maximum absolute atomic E-state index is 9.77. The highest BCUT2D eigenvalue weighted by Crippen LogP contribution is 2.29. The second-order valence-corrected chi connectivity index (χ2v) is 5.38. The van der Waals surface area contributed by atoms with Crippen molar-refractivity contribution < 1.29 is 9.84 Å². The molecule has 0 aromatic heterocycles. The Labute approximate surface area is 120 Å². The second-order valence-electron chi connectivity index (χ2n) is 5.38. The van der Waals surface area contributed by atoms with Crippen LogP contribution in [-0.2, 0) is 12.8 Å². The van der Waals surface area contributed by atoms with Gasteiger partial charge in [-0.3, -0.25) is 0 Å². The Kier molecular flexibility index (Phi) is 3.75. The summed E-state index contributed by atoms with van der Waals surface area (Å²) in [7, 11) is 0. The van der Waals surface area contributed by atoms with Crippen molar-refractivity contribution in [3.63, 3.8) is 0 Å². The lowest BCUT2D eigenvalue weighted by Crippen LogP contribution is -1.94. The third-order valence-corrected chi connectivity index (χ3v) is 3.96. The molecule has 104 valence electrons. The number of rotatable bonds is 4. The molecule has 1 aliphatic rings. The molecule has 0 radical (unpaired) electrons. The van der Waals surface area contributed by atoms with E-state index in [1.807, 2.05) is 37.3 Å². The first-order valence-electron chi connectivity index (χ1n) is 7.34. The fourth-order valence-corrected chi connectivity index (χ4v) is 2.74. The molecule has 1 aliphatic carbocycles. The van der Waals surface area contributed by atoms with Crippen molar-refractivity contribution in [1.82, 2.24) is 0 Å². The maximum atomic E-state index is 9.77. The van der Waals surface area contributed by atoms with Gasteiger partial charge in [-0.1, -0.05) is 25.1 Å². The number of aliphatic hydroxyl groups excluding tert-OH is 1. The SMILES string of the molecule is CC[C@H](O)c1ccc(Oc2ccc3c(c2)CCC3)cc1. The molecule has 0 heterocycles. The predicted molar refractivity (Wildman–Crippen MR) is 80.2 cm³/mol. The minimum absolute atomic E-state index is 0.385. The number of hydrogen-bond donors (Lipinski definition) is 1. The van der Waals surface area contributed by atoms with Crippen LogP contribution in [0.2, 0.25) is 0 Å². The predicted octanol–water partition coefficient (Wildman–Crippen LogP) is 4.41. The average molecular weight is 268 g/mol. The third-order valence-electron chi connectivity index (χ3n) is 3.96. The summed E-state index contributed by atoms with van der Waals surface area (Å²) in [5, 5.41) is 9.77. The first kappa shape index (κ1) is 13.2. The fourth-order valence-electron chi connectivity index (χ4n) is 2.74. The molecule has 2 heteroatoms. The highest BCUT2D eigenvalue weighted by molar-refractivity contribution is 5.41. The Bertz CT molecular complexity index is 587. The third kappa shape index (κ3) is 2.70. The Morgan fingerprint density at radius 1 is 1.00 bits per heavy atom. The number of aryl methyl sites for hydroxylation is 2. The Balaban J connectivity index is 1.74. The molecule has 0 amide bonds. The monoisotopic (exact) mass is 268 g/mol. The van der Waals surface area contributed by atoms with Gasteiger partial charge in [0, 0.05) is 0 Å². The number of hydrogen-bond acceptors (Lipinski definition) is 2. The summed E-state index contributed by atoms with van der Waals surface area (Å²) in [6.07, 6.45) is 3.95. The topological polar surface area (TPSA) is 29.5 Å². The highest BCUT2D eigenvalue weighted by atomic mass is 16.5. The standard InChI is InChI=1S/C18H20O2/c1-2-18(19)14-7-9-16(10-8-14)20-17-11-6-13-4-3-5-15(13)12-17/h6-12,18-19H,2-5H2,1H3/t18-/m0/s1. The molecule has 0 unspecified atom stereocenters. The van der Waals surface area contributed by atoms with E-state index in [1.54, 1.807) is 0 Å². The number of benzene rings is 2. The zero-order valence-electron chi connectivity index (χ0n) is 11.8. The van der Waals surface area contributed by atoms with E-state index in [0.717, 1.165) is 29.9 Å². The lowest BCUT2D eigenvalue weighted by molar-refractivity contribution is 0.173. The Morgan fingerprint density at radius 2 is 1.70 bits per heavy atom. The van der Waals surface area contributed by atoms with Crippen molar-refractivity contribution in [2.75, 3.05) is 0 Å². The van der Waals surface area contributed by atoms with Gasteiger partial charge in [0.2, 0.25) is 0 Å². The van der Waals surface area contributed by atoms with Gasteiger partial charge in [0.25, 0.3) is 0 Å². The van der Waals surface area contributed by atoms with Crippen LogP contribution in [0.5, 0.6) is 11.5 Å². The van der Waals surface area contributed by atoms with E-state index in [9.17, 15) is 5.11 Å². The summed E-state index contributed by atoms with van der Waals surface area (Å²) in [5.74, 6) is 1.71. The molecular weight excluding hydrogens is 248 g/mol. The first-order valence-corrected chi connectivity index (χ1v) is 7.34. The first-order chi connectivity index (χ1) is 9.76. The van der Waals surface area contributed by atoms with Crippen LogP contribution in [0.4, 0.5) is 0 Å². The van der Waals surface area contributed by atoms with E-state index in [1.165, 1.54) is 24.0 Å². The van der Waals surface area contributed by atoms with Gasteiger partial charge in [-0.2, -0.15) is 0 Å². The van der Waals surface area contributed by atoms with Gasteiger partial charge in [-0.05, 0) is 66.6 Å².